The zero-order valence-electron chi connectivity index (χ0n) is 14.8. The first-order valence-corrected chi connectivity index (χ1v) is 8.19. The Hall–Kier alpha value is -2.56. The second kappa shape index (κ2) is 5.51. The minimum Gasteiger partial charge on any atom is -0.363 e. The summed E-state index contributed by atoms with van der Waals surface area (Å²) in [6.45, 7) is 11.6. The number of allylic oxidation sites excluding steroid dienone is 1. The first-order valence-electron chi connectivity index (χ1n) is 8.19. The fourth-order valence-corrected chi connectivity index (χ4v) is 3.62. The van der Waals surface area contributed by atoms with Crippen molar-refractivity contribution < 1.29 is 9.59 Å². The molecule has 1 fully saturated rings. The molecule has 0 aliphatic carbocycles. The molecule has 2 aliphatic heterocycles. The van der Waals surface area contributed by atoms with Gasteiger partial charge in [-0.1, -0.05) is 6.08 Å². The van der Waals surface area contributed by atoms with Gasteiger partial charge in [0.25, 0.3) is 5.91 Å². The Morgan fingerprint density at radius 1 is 1.17 bits per heavy atom. The molecule has 3 amide bonds. The van der Waals surface area contributed by atoms with E-state index in [0.717, 1.165) is 17.7 Å². The summed E-state index contributed by atoms with van der Waals surface area (Å²) in [5, 5.41) is 4.77. The summed E-state index contributed by atoms with van der Waals surface area (Å²) in [5.41, 5.74) is 5.86. The van der Waals surface area contributed by atoms with Gasteiger partial charge in [0.2, 0.25) is 0 Å². The highest BCUT2D eigenvalue weighted by atomic mass is 16.2. The molecule has 1 aromatic carbocycles. The molecule has 3 rings (SSSR count). The molecule has 2 aliphatic rings. The Labute approximate surface area is 142 Å². The number of nitrogens with zero attached hydrogens (tertiary/aromatic N) is 1. The van der Waals surface area contributed by atoms with Gasteiger partial charge in [0.15, 0.2) is 0 Å². The molecule has 5 heteroatoms. The van der Waals surface area contributed by atoms with E-state index in [0.29, 0.717) is 0 Å². The minimum atomic E-state index is -0.475. The van der Waals surface area contributed by atoms with Crippen molar-refractivity contribution in [2.24, 2.45) is 0 Å². The molecule has 0 saturated carbocycles. The van der Waals surface area contributed by atoms with Crippen molar-refractivity contribution >= 4 is 29.3 Å². The Kier molecular flexibility index (Phi) is 3.74. The lowest BCUT2D eigenvalue weighted by Gasteiger charge is -2.43. The Morgan fingerprint density at radius 3 is 2.46 bits per heavy atom. The molecular formula is C19H23N3O2. The van der Waals surface area contributed by atoms with E-state index >= 15 is 0 Å². The number of nitrogens with one attached hydrogen (secondary N) is 2. The van der Waals surface area contributed by atoms with Gasteiger partial charge in [-0.25, -0.2) is 4.79 Å². The molecule has 0 aromatic heterocycles. The zero-order valence-corrected chi connectivity index (χ0v) is 14.8. The van der Waals surface area contributed by atoms with Crippen molar-refractivity contribution in [1.82, 2.24) is 10.6 Å². The summed E-state index contributed by atoms with van der Waals surface area (Å²) >= 11 is 0. The van der Waals surface area contributed by atoms with E-state index in [2.05, 4.69) is 61.4 Å². The van der Waals surface area contributed by atoms with Gasteiger partial charge in [-0.05, 0) is 69.5 Å². The number of hydrogen-bond donors (Lipinski definition) is 2. The lowest BCUT2D eigenvalue weighted by Crippen LogP contribution is -2.44. The van der Waals surface area contributed by atoms with Gasteiger partial charge in [0.1, 0.15) is 5.70 Å². The molecule has 126 valence electrons. The Morgan fingerprint density at radius 2 is 1.88 bits per heavy atom. The first kappa shape index (κ1) is 16.3. The predicted molar refractivity (Wildman–Crippen MR) is 96.6 cm³/mol. The average molecular weight is 325 g/mol. The highest BCUT2D eigenvalue weighted by Crippen LogP contribution is 2.40. The second-order valence-electron chi connectivity index (χ2n) is 6.92. The van der Waals surface area contributed by atoms with E-state index in [1.54, 1.807) is 6.08 Å². The summed E-state index contributed by atoms with van der Waals surface area (Å²) in [6, 6.07) is 3.79. The zero-order chi connectivity index (χ0) is 17.6. The van der Waals surface area contributed by atoms with Gasteiger partial charge in [-0.15, -0.1) is 0 Å². The van der Waals surface area contributed by atoms with Crippen LogP contribution < -0.4 is 15.5 Å². The van der Waals surface area contributed by atoms with Crippen LogP contribution in [0.4, 0.5) is 10.5 Å². The average Bonchev–Trinajstić information content (AvgIpc) is 2.78. The fourth-order valence-electron chi connectivity index (χ4n) is 3.62. The highest BCUT2D eigenvalue weighted by molar-refractivity contribution is 6.14. The number of carbonyl (C=O) groups is 2. The number of rotatable bonds is 2. The van der Waals surface area contributed by atoms with Crippen molar-refractivity contribution in [2.45, 2.75) is 40.2 Å². The fraction of sp³-hybridized carbons (Fsp3) is 0.368. The summed E-state index contributed by atoms with van der Waals surface area (Å²) in [4.78, 5) is 25.4. The standard InChI is InChI=1S/C19H23N3O2/c1-6-22-16-7-11(2)13(9-15-17(23)21-18(24)20-15)8-14(16)12(3)10-19(22,4)5/h7-10H,6H2,1-5H3,(H2,20,21,23,24)/b15-9+. The maximum Gasteiger partial charge on any atom is 0.326 e. The van der Waals surface area contributed by atoms with Crippen LogP contribution in [0, 0.1) is 6.92 Å². The Bertz CT molecular complexity index is 803. The number of urea groups is 1. The van der Waals surface area contributed by atoms with Crippen molar-refractivity contribution in [3.8, 4) is 0 Å². The van der Waals surface area contributed by atoms with E-state index in [1.807, 2.05) is 6.92 Å². The van der Waals surface area contributed by atoms with E-state index in [4.69, 9.17) is 0 Å². The number of likely N-dealkylation sites (N-methyl/N-ethyl adjacent to an activating group) is 1. The van der Waals surface area contributed by atoms with E-state index in [-0.39, 0.29) is 17.1 Å². The lowest BCUT2D eigenvalue weighted by atomic mass is 9.87. The molecule has 0 atom stereocenters. The van der Waals surface area contributed by atoms with E-state index in [9.17, 15) is 9.59 Å². The minimum absolute atomic E-state index is 0.0302. The summed E-state index contributed by atoms with van der Waals surface area (Å²) in [5.74, 6) is -0.388. The smallest absolute Gasteiger partial charge is 0.326 e. The van der Waals surface area contributed by atoms with Crippen LogP contribution in [0.1, 0.15) is 44.4 Å². The van der Waals surface area contributed by atoms with E-state index < -0.39 is 6.03 Å². The number of anilines is 1. The molecular weight excluding hydrogens is 302 g/mol. The molecule has 0 spiro atoms. The summed E-state index contributed by atoms with van der Waals surface area (Å²) in [7, 11) is 0. The number of amides is 3. The third-order valence-electron chi connectivity index (χ3n) is 4.70. The number of aryl methyl sites for hydroxylation is 1. The molecule has 1 aromatic rings. The Balaban J connectivity index is 2.11. The third kappa shape index (κ3) is 2.60. The van der Waals surface area contributed by atoms with Gasteiger partial charge in [0.05, 0.1) is 5.54 Å². The van der Waals surface area contributed by atoms with Crippen LogP contribution in [0.2, 0.25) is 0 Å². The second-order valence-corrected chi connectivity index (χ2v) is 6.92. The van der Waals surface area contributed by atoms with Crippen molar-refractivity contribution in [1.29, 1.82) is 0 Å². The van der Waals surface area contributed by atoms with Gasteiger partial charge < -0.3 is 10.2 Å². The maximum absolute atomic E-state index is 11.8. The molecule has 0 unspecified atom stereocenters. The van der Waals surface area contributed by atoms with Gasteiger partial charge in [-0.2, -0.15) is 0 Å². The normalized spacial score (nSPS) is 20.6. The monoisotopic (exact) mass is 325 g/mol. The maximum atomic E-state index is 11.8. The molecule has 1 saturated heterocycles. The highest BCUT2D eigenvalue weighted by Gasteiger charge is 2.31. The first-order chi connectivity index (χ1) is 11.2. The molecule has 24 heavy (non-hydrogen) atoms. The number of imide groups is 1. The SMILES string of the molecule is CCN1c2cc(C)c(/C=C3/NC(=O)NC3=O)cc2C(C)=CC1(C)C. The quantitative estimate of drug-likeness (QED) is 0.648. The topological polar surface area (TPSA) is 61.4 Å². The van der Waals surface area contributed by atoms with Crippen molar-refractivity contribution in [3.05, 3.63) is 40.6 Å². The number of hydrogen-bond acceptors (Lipinski definition) is 3. The van der Waals surface area contributed by atoms with Crippen LogP contribution in [0.3, 0.4) is 0 Å². The van der Waals surface area contributed by atoms with Crippen molar-refractivity contribution in [3.63, 3.8) is 0 Å². The molecule has 2 N–H and O–H groups in total. The third-order valence-corrected chi connectivity index (χ3v) is 4.70. The van der Waals surface area contributed by atoms with Crippen LogP contribution >= 0.6 is 0 Å². The van der Waals surface area contributed by atoms with Crippen LogP contribution in [-0.2, 0) is 4.79 Å². The molecule has 0 bridgehead atoms. The predicted octanol–water partition coefficient (Wildman–Crippen LogP) is 3.20. The molecule has 2 heterocycles. The lowest BCUT2D eigenvalue weighted by molar-refractivity contribution is -0.115. The number of carbonyl (C=O) groups excluding carboxylic acids is 2. The van der Waals surface area contributed by atoms with Gasteiger partial charge in [-0.3, -0.25) is 10.1 Å². The molecule has 0 radical (unpaired) electrons. The molecule has 5 nitrogen and oxygen atoms in total. The van der Waals surface area contributed by atoms with Crippen LogP contribution in [0.5, 0.6) is 0 Å². The van der Waals surface area contributed by atoms with Crippen LogP contribution in [0.15, 0.2) is 23.9 Å². The number of fused-ring (bicyclic) bond motifs is 1. The summed E-state index contributed by atoms with van der Waals surface area (Å²) in [6.07, 6.45) is 4.01. The van der Waals surface area contributed by atoms with Crippen LogP contribution in [0.25, 0.3) is 11.6 Å². The number of benzene rings is 1. The van der Waals surface area contributed by atoms with Gasteiger partial charge in [0, 0.05) is 17.8 Å². The summed E-state index contributed by atoms with van der Waals surface area (Å²) < 4.78 is 0. The van der Waals surface area contributed by atoms with E-state index in [1.165, 1.54) is 16.8 Å². The van der Waals surface area contributed by atoms with Crippen LogP contribution in [-0.4, -0.2) is 24.0 Å². The van der Waals surface area contributed by atoms with Crippen molar-refractivity contribution in [2.75, 3.05) is 11.4 Å². The van der Waals surface area contributed by atoms with Gasteiger partial charge >= 0.3 is 6.03 Å². The largest absolute Gasteiger partial charge is 0.363 e.